The van der Waals surface area contributed by atoms with Crippen LogP contribution in [0.3, 0.4) is 0 Å². The van der Waals surface area contributed by atoms with Crippen molar-refractivity contribution in [2.45, 2.75) is 46.6 Å². The monoisotopic (exact) mass is 301 g/mol. The molecule has 0 radical (unpaired) electrons. The molecule has 1 heterocycles. The highest BCUT2D eigenvalue weighted by atomic mass is 15.1. The topological polar surface area (TPSA) is 87.7 Å². The zero-order valence-electron chi connectivity index (χ0n) is 14.0. The molecule has 0 fully saturated rings. The van der Waals surface area contributed by atoms with E-state index < -0.39 is 0 Å². The second-order valence-electron chi connectivity index (χ2n) is 5.82. The molecule has 1 aromatic rings. The second kappa shape index (κ2) is 8.32. The fraction of sp³-hybridized carbons (Fsp3) is 0.471. The van der Waals surface area contributed by atoms with Gasteiger partial charge in [0.2, 0.25) is 0 Å². The molecule has 0 aliphatic carbocycles. The van der Waals surface area contributed by atoms with Crippen LogP contribution in [0.25, 0.3) is 0 Å². The van der Waals surface area contributed by atoms with Gasteiger partial charge in [-0.1, -0.05) is 45.9 Å². The summed E-state index contributed by atoms with van der Waals surface area (Å²) in [6.45, 7) is 12.3. The van der Waals surface area contributed by atoms with Crippen LogP contribution in [-0.4, -0.2) is 21.7 Å². The van der Waals surface area contributed by atoms with E-state index >= 15 is 0 Å². The first-order valence-corrected chi connectivity index (χ1v) is 7.70. The minimum atomic E-state index is 0.251. The molecule has 22 heavy (non-hydrogen) atoms. The maximum atomic E-state index is 8.36. The number of nitrogens with two attached hydrogens (primary N) is 1. The van der Waals surface area contributed by atoms with Crippen molar-refractivity contribution in [3.63, 3.8) is 0 Å². The standard InChI is InChI=1S/C17H27N5/c1-6-7-13(5)22-17-14(16(19)20-10-21-17)15(18)12(4)9-8-11(2)3/h8-11,13,18H,4,6-7H2,1-3,5H3,(H3,19,20,21,22). The van der Waals surface area contributed by atoms with Gasteiger partial charge in [-0.15, -0.1) is 0 Å². The highest BCUT2D eigenvalue weighted by Gasteiger charge is 2.17. The molecule has 5 nitrogen and oxygen atoms in total. The van der Waals surface area contributed by atoms with Crippen molar-refractivity contribution in [2.24, 2.45) is 5.92 Å². The number of rotatable bonds is 8. The largest absolute Gasteiger partial charge is 0.383 e. The van der Waals surface area contributed by atoms with Crippen molar-refractivity contribution < 1.29 is 0 Å². The zero-order chi connectivity index (χ0) is 16.7. The summed E-state index contributed by atoms with van der Waals surface area (Å²) in [6.07, 6.45) is 7.36. The Morgan fingerprint density at radius 2 is 2.09 bits per heavy atom. The predicted octanol–water partition coefficient (Wildman–Crippen LogP) is 3.80. The van der Waals surface area contributed by atoms with Crippen molar-refractivity contribution >= 4 is 17.3 Å². The van der Waals surface area contributed by atoms with E-state index in [-0.39, 0.29) is 11.8 Å². The molecule has 1 aromatic heterocycles. The minimum absolute atomic E-state index is 0.251. The van der Waals surface area contributed by atoms with Gasteiger partial charge in [0.25, 0.3) is 0 Å². The van der Waals surface area contributed by atoms with E-state index in [4.69, 9.17) is 11.1 Å². The molecule has 120 valence electrons. The van der Waals surface area contributed by atoms with Crippen LogP contribution in [-0.2, 0) is 0 Å². The average Bonchev–Trinajstić information content (AvgIpc) is 2.44. The molecule has 5 heteroatoms. The lowest BCUT2D eigenvalue weighted by Crippen LogP contribution is -2.20. The summed E-state index contributed by atoms with van der Waals surface area (Å²) in [5, 5.41) is 11.7. The Hall–Kier alpha value is -2.17. The van der Waals surface area contributed by atoms with E-state index in [1.54, 1.807) is 0 Å². The number of hydrogen-bond donors (Lipinski definition) is 3. The number of nitrogens with zero attached hydrogens (tertiary/aromatic N) is 2. The number of anilines is 2. The second-order valence-corrected chi connectivity index (χ2v) is 5.82. The third-order valence-electron chi connectivity index (χ3n) is 3.23. The Bertz CT molecular complexity index is 560. The molecule has 0 amide bonds. The molecular weight excluding hydrogens is 274 g/mol. The van der Waals surface area contributed by atoms with Crippen molar-refractivity contribution in [3.05, 3.63) is 36.2 Å². The van der Waals surface area contributed by atoms with Gasteiger partial charge < -0.3 is 11.1 Å². The van der Waals surface area contributed by atoms with E-state index in [0.29, 0.717) is 28.7 Å². The molecule has 0 spiro atoms. The third-order valence-corrected chi connectivity index (χ3v) is 3.23. The lowest BCUT2D eigenvalue weighted by atomic mass is 10.0. The first kappa shape index (κ1) is 17.9. The van der Waals surface area contributed by atoms with Crippen molar-refractivity contribution in [1.82, 2.24) is 9.97 Å². The highest BCUT2D eigenvalue weighted by Crippen LogP contribution is 2.22. The van der Waals surface area contributed by atoms with Crippen LogP contribution in [0, 0.1) is 11.3 Å². The van der Waals surface area contributed by atoms with E-state index in [0.717, 1.165) is 12.8 Å². The lowest BCUT2D eigenvalue weighted by Gasteiger charge is -2.17. The van der Waals surface area contributed by atoms with Crippen molar-refractivity contribution in [3.8, 4) is 0 Å². The fourth-order valence-electron chi connectivity index (χ4n) is 2.05. The van der Waals surface area contributed by atoms with Gasteiger partial charge in [0.15, 0.2) is 0 Å². The van der Waals surface area contributed by atoms with Gasteiger partial charge in [-0.2, -0.15) is 0 Å². The van der Waals surface area contributed by atoms with Crippen molar-refractivity contribution in [2.75, 3.05) is 11.1 Å². The maximum absolute atomic E-state index is 8.36. The predicted molar refractivity (Wildman–Crippen MR) is 94.4 cm³/mol. The SMILES string of the molecule is C=C(C=CC(C)C)C(=N)c1c(N)ncnc1NC(C)CCC. The Kier molecular flexibility index (Phi) is 6.76. The zero-order valence-corrected chi connectivity index (χ0v) is 14.0. The minimum Gasteiger partial charge on any atom is -0.383 e. The quantitative estimate of drug-likeness (QED) is 0.503. The molecule has 0 aromatic carbocycles. The van der Waals surface area contributed by atoms with Crippen LogP contribution >= 0.6 is 0 Å². The molecule has 0 aliphatic heterocycles. The number of aromatic nitrogens is 2. The summed E-state index contributed by atoms with van der Waals surface area (Å²) in [5.74, 6) is 1.29. The maximum Gasteiger partial charge on any atom is 0.141 e. The summed E-state index contributed by atoms with van der Waals surface area (Å²) in [7, 11) is 0. The van der Waals surface area contributed by atoms with Crippen LogP contribution in [0.15, 0.2) is 30.6 Å². The van der Waals surface area contributed by atoms with E-state index in [2.05, 4.69) is 49.6 Å². The van der Waals surface area contributed by atoms with Gasteiger partial charge in [-0.25, -0.2) is 9.97 Å². The molecule has 4 N–H and O–H groups in total. The third kappa shape index (κ3) is 4.98. The molecule has 0 saturated heterocycles. The Labute approximate surface area is 133 Å². The Balaban J connectivity index is 3.06. The van der Waals surface area contributed by atoms with Gasteiger partial charge in [0.05, 0.1) is 11.3 Å². The van der Waals surface area contributed by atoms with Crippen LogP contribution < -0.4 is 11.1 Å². The summed E-state index contributed by atoms with van der Waals surface area (Å²) in [4.78, 5) is 8.26. The summed E-state index contributed by atoms with van der Waals surface area (Å²) < 4.78 is 0. The smallest absolute Gasteiger partial charge is 0.141 e. The molecule has 0 saturated carbocycles. The van der Waals surface area contributed by atoms with Crippen LogP contribution in [0.1, 0.15) is 46.1 Å². The van der Waals surface area contributed by atoms with Crippen molar-refractivity contribution in [1.29, 1.82) is 5.41 Å². The van der Waals surface area contributed by atoms with Gasteiger partial charge in [0, 0.05) is 6.04 Å². The highest BCUT2D eigenvalue weighted by molar-refractivity contribution is 6.17. The summed E-state index contributed by atoms with van der Waals surface area (Å²) >= 11 is 0. The number of hydrogen-bond acceptors (Lipinski definition) is 5. The summed E-state index contributed by atoms with van der Waals surface area (Å²) in [6, 6.07) is 0.255. The Morgan fingerprint density at radius 3 is 2.68 bits per heavy atom. The van der Waals surface area contributed by atoms with E-state index in [1.165, 1.54) is 6.33 Å². The van der Waals surface area contributed by atoms with E-state index in [1.807, 2.05) is 12.2 Å². The molecule has 1 unspecified atom stereocenters. The molecule has 1 atom stereocenters. The fourth-order valence-corrected chi connectivity index (χ4v) is 2.05. The van der Waals surface area contributed by atoms with Crippen LogP contribution in [0.5, 0.6) is 0 Å². The van der Waals surface area contributed by atoms with E-state index in [9.17, 15) is 0 Å². The van der Waals surface area contributed by atoms with Crippen LogP contribution in [0.2, 0.25) is 0 Å². The first-order chi connectivity index (χ1) is 10.4. The van der Waals surface area contributed by atoms with Gasteiger partial charge >= 0.3 is 0 Å². The van der Waals surface area contributed by atoms with Gasteiger partial charge in [-0.3, -0.25) is 5.41 Å². The normalized spacial score (nSPS) is 12.6. The molecular formula is C17H27N5. The van der Waals surface area contributed by atoms with Gasteiger partial charge in [0.1, 0.15) is 18.0 Å². The van der Waals surface area contributed by atoms with Gasteiger partial charge in [-0.05, 0) is 24.8 Å². The molecule has 0 aliphatic rings. The van der Waals surface area contributed by atoms with Crippen LogP contribution in [0.4, 0.5) is 11.6 Å². The first-order valence-electron chi connectivity index (χ1n) is 7.70. The number of nitrogen functional groups attached to an aromatic ring is 1. The lowest BCUT2D eigenvalue weighted by molar-refractivity contribution is 0.687. The molecule has 1 rings (SSSR count). The summed E-state index contributed by atoms with van der Waals surface area (Å²) in [5.41, 5.74) is 7.34. The average molecular weight is 301 g/mol. The number of nitrogens with one attached hydrogen (secondary N) is 2. The Morgan fingerprint density at radius 1 is 1.41 bits per heavy atom. The molecule has 0 bridgehead atoms. The number of allylic oxidation sites excluding steroid dienone is 3.